The Bertz CT molecular complexity index is 456. The van der Waals surface area contributed by atoms with Crippen molar-refractivity contribution in [3.05, 3.63) is 23.8 Å². The summed E-state index contributed by atoms with van der Waals surface area (Å²) in [6.45, 7) is 11.3. The molecule has 2 rings (SSSR count). The first kappa shape index (κ1) is 17.1. The number of phenols is 1. The van der Waals surface area contributed by atoms with E-state index >= 15 is 0 Å². The molecule has 0 saturated carbocycles. The van der Waals surface area contributed by atoms with Crippen LogP contribution < -0.4 is 10.1 Å². The summed E-state index contributed by atoms with van der Waals surface area (Å²) >= 11 is 0. The molecule has 0 bridgehead atoms. The number of ether oxygens (including phenoxy) is 1. The number of nitrogens with zero attached hydrogens (tertiary/aromatic N) is 1. The molecule has 1 aliphatic heterocycles. The summed E-state index contributed by atoms with van der Waals surface area (Å²) in [4.78, 5) is 2.56. The van der Waals surface area contributed by atoms with Crippen molar-refractivity contribution in [1.82, 2.24) is 10.2 Å². The van der Waals surface area contributed by atoms with Gasteiger partial charge in [0.2, 0.25) is 0 Å². The second-order valence-corrected chi connectivity index (χ2v) is 6.43. The second-order valence-electron chi connectivity index (χ2n) is 6.43. The molecule has 1 aromatic carbocycles. The number of piperazine rings is 1. The van der Waals surface area contributed by atoms with Gasteiger partial charge in [-0.3, -0.25) is 4.90 Å². The van der Waals surface area contributed by atoms with Crippen molar-refractivity contribution < 1.29 is 9.84 Å². The molecule has 1 aromatic rings. The van der Waals surface area contributed by atoms with Gasteiger partial charge in [0.25, 0.3) is 0 Å². The van der Waals surface area contributed by atoms with Crippen LogP contribution >= 0.6 is 0 Å². The van der Waals surface area contributed by atoms with Crippen molar-refractivity contribution in [2.75, 3.05) is 32.8 Å². The molecule has 1 saturated heterocycles. The average Bonchev–Trinajstić information content (AvgIpc) is 2.51. The molecule has 2 N–H and O–H groups in total. The zero-order valence-electron chi connectivity index (χ0n) is 14.1. The van der Waals surface area contributed by atoms with E-state index in [9.17, 15) is 5.11 Å². The first-order valence-electron chi connectivity index (χ1n) is 8.52. The van der Waals surface area contributed by atoms with Crippen LogP contribution in [0.15, 0.2) is 18.2 Å². The van der Waals surface area contributed by atoms with Crippen molar-refractivity contribution >= 4 is 0 Å². The smallest absolute Gasteiger partial charge is 0.161 e. The zero-order valence-corrected chi connectivity index (χ0v) is 14.1. The Kier molecular flexibility index (Phi) is 6.52. The Hall–Kier alpha value is -1.26. The lowest BCUT2D eigenvalue weighted by Crippen LogP contribution is -2.45. The fraction of sp³-hybridized carbons (Fsp3) is 0.667. The molecule has 1 fully saturated rings. The average molecular weight is 306 g/mol. The third kappa shape index (κ3) is 4.62. The Labute approximate surface area is 134 Å². The van der Waals surface area contributed by atoms with Crippen LogP contribution in [-0.2, 0) is 0 Å². The van der Waals surface area contributed by atoms with Gasteiger partial charge in [-0.15, -0.1) is 0 Å². The largest absolute Gasteiger partial charge is 0.504 e. The van der Waals surface area contributed by atoms with Gasteiger partial charge in [0, 0.05) is 32.2 Å². The molecule has 4 nitrogen and oxygen atoms in total. The molecule has 1 atom stereocenters. The fourth-order valence-electron chi connectivity index (χ4n) is 3.05. The van der Waals surface area contributed by atoms with Gasteiger partial charge in [-0.1, -0.05) is 19.9 Å². The number of aromatic hydroxyl groups is 1. The highest BCUT2D eigenvalue weighted by atomic mass is 16.5. The molecular weight excluding hydrogens is 276 g/mol. The Morgan fingerprint density at radius 3 is 2.59 bits per heavy atom. The lowest BCUT2D eigenvalue weighted by Gasteiger charge is -2.36. The molecule has 22 heavy (non-hydrogen) atoms. The van der Waals surface area contributed by atoms with E-state index in [1.165, 1.54) is 12.0 Å². The molecule has 1 aliphatic rings. The van der Waals surface area contributed by atoms with Gasteiger partial charge >= 0.3 is 0 Å². The summed E-state index contributed by atoms with van der Waals surface area (Å²) in [5, 5.41) is 13.3. The van der Waals surface area contributed by atoms with Gasteiger partial charge in [-0.2, -0.15) is 0 Å². The van der Waals surface area contributed by atoms with Crippen LogP contribution in [0, 0.1) is 5.92 Å². The molecule has 0 spiro atoms. The lowest BCUT2D eigenvalue weighted by atomic mass is 9.95. The van der Waals surface area contributed by atoms with Crippen LogP contribution in [0.1, 0.15) is 45.2 Å². The van der Waals surface area contributed by atoms with Crippen LogP contribution in [0.5, 0.6) is 11.5 Å². The number of rotatable bonds is 7. The Morgan fingerprint density at radius 2 is 1.95 bits per heavy atom. The van der Waals surface area contributed by atoms with E-state index in [0.29, 0.717) is 24.3 Å². The minimum absolute atomic E-state index is 0.230. The van der Waals surface area contributed by atoms with Gasteiger partial charge in [0.05, 0.1) is 6.61 Å². The number of hydrogen-bond acceptors (Lipinski definition) is 4. The summed E-state index contributed by atoms with van der Waals surface area (Å²) in [6, 6.07) is 6.24. The standard InChI is InChI=1S/C18H30N2O2/c1-4-22-18-13-15(6-8-17(18)21)16(7-5-14(2)3)20-11-9-19-10-12-20/h6,8,13-14,16,19,21H,4-5,7,9-12H2,1-3H3/t16-/m1/s1. The van der Waals surface area contributed by atoms with E-state index in [4.69, 9.17) is 4.74 Å². The van der Waals surface area contributed by atoms with Crippen LogP contribution in [0.3, 0.4) is 0 Å². The molecule has 124 valence electrons. The minimum Gasteiger partial charge on any atom is -0.504 e. The van der Waals surface area contributed by atoms with Gasteiger partial charge in [-0.05, 0) is 43.4 Å². The molecule has 0 aromatic heterocycles. The molecule has 0 unspecified atom stereocenters. The first-order valence-corrected chi connectivity index (χ1v) is 8.52. The van der Waals surface area contributed by atoms with E-state index in [2.05, 4.69) is 24.1 Å². The first-order chi connectivity index (χ1) is 10.6. The van der Waals surface area contributed by atoms with Crippen LogP contribution in [0.25, 0.3) is 0 Å². The molecule has 0 radical (unpaired) electrons. The van der Waals surface area contributed by atoms with Crippen molar-refractivity contribution in [3.63, 3.8) is 0 Å². The van der Waals surface area contributed by atoms with Crippen molar-refractivity contribution in [2.45, 2.75) is 39.7 Å². The number of hydrogen-bond donors (Lipinski definition) is 2. The quantitative estimate of drug-likeness (QED) is 0.812. The fourth-order valence-corrected chi connectivity index (χ4v) is 3.05. The van der Waals surface area contributed by atoms with Gasteiger partial charge in [-0.25, -0.2) is 0 Å². The van der Waals surface area contributed by atoms with E-state index < -0.39 is 0 Å². The maximum absolute atomic E-state index is 9.93. The van der Waals surface area contributed by atoms with Crippen molar-refractivity contribution in [3.8, 4) is 11.5 Å². The van der Waals surface area contributed by atoms with E-state index in [1.807, 2.05) is 19.1 Å². The zero-order chi connectivity index (χ0) is 15.9. The Morgan fingerprint density at radius 1 is 1.23 bits per heavy atom. The maximum atomic E-state index is 9.93. The topological polar surface area (TPSA) is 44.7 Å². The van der Waals surface area contributed by atoms with E-state index in [-0.39, 0.29) is 5.75 Å². The van der Waals surface area contributed by atoms with Gasteiger partial charge in [0.15, 0.2) is 11.5 Å². The van der Waals surface area contributed by atoms with E-state index in [1.54, 1.807) is 6.07 Å². The highest BCUT2D eigenvalue weighted by Crippen LogP contribution is 2.34. The minimum atomic E-state index is 0.230. The van der Waals surface area contributed by atoms with Crippen LogP contribution in [-0.4, -0.2) is 42.8 Å². The molecule has 1 heterocycles. The number of nitrogens with one attached hydrogen (secondary N) is 1. The molecule has 4 heteroatoms. The SMILES string of the molecule is CCOc1cc([C@@H](CCC(C)C)N2CCNCC2)ccc1O. The summed E-state index contributed by atoms with van der Waals surface area (Å²) in [5.41, 5.74) is 1.25. The number of benzene rings is 1. The normalized spacial score (nSPS) is 17.6. The van der Waals surface area contributed by atoms with Crippen LogP contribution in [0.2, 0.25) is 0 Å². The number of phenolic OH excluding ortho intramolecular Hbond substituents is 1. The van der Waals surface area contributed by atoms with E-state index in [0.717, 1.165) is 32.6 Å². The predicted molar refractivity (Wildman–Crippen MR) is 90.5 cm³/mol. The third-order valence-corrected chi connectivity index (χ3v) is 4.28. The van der Waals surface area contributed by atoms with Crippen LogP contribution in [0.4, 0.5) is 0 Å². The highest BCUT2D eigenvalue weighted by molar-refractivity contribution is 5.42. The summed E-state index contributed by atoms with van der Waals surface area (Å²) < 4.78 is 5.56. The predicted octanol–water partition coefficient (Wildman–Crippen LogP) is 3.17. The molecular formula is C18H30N2O2. The third-order valence-electron chi connectivity index (χ3n) is 4.28. The maximum Gasteiger partial charge on any atom is 0.161 e. The van der Waals surface area contributed by atoms with Crippen molar-refractivity contribution in [2.24, 2.45) is 5.92 Å². The van der Waals surface area contributed by atoms with Gasteiger partial charge in [0.1, 0.15) is 0 Å². The summed E-state index contributed by atoms with van der Waals surface area (Å²) in [7, 11) is 0. The second kappa shape index (κ2) is 8.39. The summed E-state index contributed by atoms with van der Waals surface area (Å²) in [5.74, 6) is 1.53. The Balaban J connectivity index is 2.20. The van der Waals surface area contributed by atoms with Gasteiger partial charge < -0.3 is 15.2 Å². The highest BCUT2D eigenvalue weighted by Gasteiger charge is 2.23. The lowest BCUT2D eigenvalue weighted by molar-refractivity contribution is 0.159. The molecule has 0 amide bonds. The molecule has 0 aliphatic carbocycles. The van der Waals surface area contributed by atoms with Crippen molar-refractivity contribution in [1.29, 1.82) is 0 Å². The monoisotopic (exact) mass is 306 g/mol. The summed E-state index contributed by atoms with van der Waals surface area (Å²) in [6.07, 6.45) is 2.35.